The summed E-state index contributed by atoms with van der Waals surface area (Å²) in [6.07, 6.45) is 2.06. The Balaban J connectivity index is 3.18. The zero-order chi connectivity index (χ0) is 13.1. The molecule has 0 nitrogen and oxygen atoms in total. The average Bonchev–Trinajstić information content (AvgIpc) is 2.26. The van der Waals surface area contributed by atoms with E-state index < -0.39 is 0 Å². The molecule has 0 aliphatic rings. The molecule has 1 atom stereocenters. The number of thioether (sulfide) groups is 1. The first-order valence-corrected chi connectivity index (χ1v) is 7.20. The van der Waals surface area contributed by atoms with Gasteiger partial charge in [0.2, 0.25) is 0 Å². The van der Waals surface area contributed by atoms with Crippen LogP contribution in [0.5, 0.6) is 0 Å². The number of rotatable bonds is 5. The molecule has 17 heavy (non-hydrogen) atoms. The summed E-state index contributed by atoms with van der Waals surface area (Å²) in [6.45, 7) is 10.4. The molecule has 0 fully saturated rings. The van der Waals surface area contributed by atoms with Gasteiger partial charge in [-0.15, -0.1) is 0 Å². The number of hydrogen-bond acceptors (Lipinski definition) is 1. The summed E-state index contributed by atoms with van der Waals surface area (Å²) < 4.78 is 13.9. The van der Waals surface area contributed by atoms with Crippen LogP contribution in [-0.4, -0.2) is 12.0 Å². The zero-order valence-corrected chi connectivity index (χ0v) is 11.9. The molecule has 0 radical (unpaired) electrons. The standard InChI is InChI=1S/C15H21FS/c1-11(2)15(3,4)13(10-17-5)12-8-6-7-9-14(12)16/h6-9,13H,1,10H2,2-5H3. The highest BCUT2D eigenvalue weighted by Crippen LogP contribution is 2.43. The molecule has 0 aliphatic heterocycles. The topological polar surface area (TPSA) is 0 Å². The van der Waals surface area contributed by atoms with Crippen molar-refractivity contribution in [2.45, 2.75) is 26.7 Å². The van der Waals surface area contributed by atoms with Gasteiger partial charge in [0.25, 0.3) is 0 Å². The lowest BCUT2D eigenvalue weighted by atomic mass is 9.71. The van der Waals surface area contributed by atoms with Crippen molar-refractivity contribution in [3.8, 4) is 0 Å². The fraction of sp³-hybridized carbons (Fsp3) is 0.467. The van der Waals surface area contributed by atoms with E-state index in [-0.39, 0.29) is 17.2 Å². The van der Waals surface area contributed by atoms with Crippen molar-refractivity contribution in [2.75, 3.05) is 12.0 Å². The van der Waals surface area contributed by atoms with E-state index >= 15 is 0 Å². The summed E-state index contributed by atoms with van der Waals surface area (Å²) in [6, 6.07) is 7.07. The highest BCUT2D eigenvalue weighted by molar-refractivity contribution is 7.98. The highest BCUT2D eigenvalue weighted by atomic mass is 32.2. The van der Waals surface area contributed by atoms with Crippen LogP contribution in [0.15, 0.2) is 36.4 Å². The average molecular weight is 252 g/mol. The Morgan fingerprint density at radius 1 is 1.41 bits per heavy atom. The van der Waals surface area contributed by atoms with Gasteiger partial charge in [-0.3, -0.25) is 0 Å². The second kappa shape index (κ2) is 5.72. The Kier molecular flexibility index (Phi) is 4.81. The minimum absolute atomic E-state index is 0.0921. The fourth-order valence-corrected chi connectivity index (χ4v) is 2.84. The molecule has 0 N–H and O–H groups in total. The van der Waals surface area contributed by atoms with Crippen molar-refractivity contribution >= 4 is 11.8 Å². The number of halogens is 1. The van der Waals surface area contributed by atoms with Crippen LogP contribution < -0.4 is 0 Å². The molecule has 0 aliphatic carbocycles. The van der Waals surface area contributed by atoms with E-state index in [0.717, 1.165) is 16.9 Å². The Morgan fingerprint density at radius 3 is 2.47 bits per heavy atom. The summed E-state index contributed by atoms with van der Waals surface area (Å²) in [5, 5.41) is 0. The van der Waals surface area contributed by atoms with Gasteiger partial charge in [0.1, 0.15) is 5.82 Å². The molecule has 0 heterocycles. The molecule has 0 spiro atoms. The van der Waals surface area contributed by atoms with Gasteiger partial charge in [-0.25, -0.2) is 4.39 Å². The van der Waals surface area contributed by atoms with Crippen LogP contribution in [0.1, 0.15) is 32.3 Å². The van der Waals surface area contributed by atoms with E-state index in [1.807, 2.05) is 19.1 Å². The molecule has 1 unspecified atom stereocenters. The number of hydrogen-bond donors (Lipinski definition) is 0. The van der Waals surface area contributed by atoms with Crippen molar-refractivity contribution in [1.82, 2.24) is 0 Å². The molecule has 0 aromatic heterocycles. The molecule has 0 saturated carbocycles. The van der Waals surface area contributed by atoms with Crippen molar-refractivity contribution in [3.05, 3.63) is 47.8 Å². The normalized spacial score (nSPS) is 13.5. The Morgan fingerprint density at radius 2 is 2.00 bits per heavy atom. The van der Waals surface area contributed by atoms with Crippen molar-refractivity contribution in [1.29, 1.82) is 0 Å². The first-order valence-electron chi connectivity index (χ1n) is 5.80. The maximum Gasteiger partial charge on any atom is 0.126 e. The lowest BCUT2D eigenvalue weighted by Gasteiger charge is -2.35. The summed E-state index contributed by atoms with van der Waals surface area (Å²) in [5.74, 6) is 0.956. The van der Waals surface area contributed by atoms with Gasteiger partial charge in [-0.2, -0.15) is 11.8 Å². The van der Waals surface area contributed by atoms with Crippen LogP contribution in [0.2, 0.25) is 0 Å². The molecular formula is C15H21FS. The van der Waals surface area contributed by atoms with E-state index in [2.05, 4.69) is 26.7 Å². The van der Waals surface area contributed by atoms with Crippen molar-refractivity contribution in [2.24, 2.45) is 5.41 Å². The van der Waals surface area contributed by atoms with E-state index in [1.54, 1.807) is 17.8 Å². The molecular weight excluding hydrogens is 231 g/mol. The van der Waals surface area contributed by atoms with Gasteiger partial charge in [-0.05, 0) is 30.2 Å². The predicted molar refractivity (Wildman–Crippen MR) is 76.1 cm³/mol. The Hall–Kier alpha value is -0.760. The highest BCUT2D eigenvalue weighted by Gasteiger charge is 2.32. The van der Waals surface area contributed by atoms with Gasteiger partial charge in [0.05, 0.1) is 0 Å². The van der Waals surface area contributed by atoms with E-state index in [0.29, 0.717) is 0 Å². The van der Waals surface area contributed by atoms with E-state index in [9.17, 15) is 4.39 Å². The second-order valence-electron chi connectivity index (χ2n) is 5.03. The summed E-state index contributed by atoms with van der Waals surface area (Å²) >= 11 is 1.75. The van der Waals surface area contributed by atoms with Gasteiger partial charge < -0.3 is 0 Å². The Bertz CT molecular complexity index is 396. The summed E-state index contributed by atoms with van der Waals surface area (Å²) in [4.78, 5) is 0. The molecule has 0 amide bonds. The third-order valence-electron chi connectivity index (χ3n) is 3.59. The van der Waals surface area contributed by atoms with Crippen LogP contribution >= 0.6 is 11.8 Å². The Labute approximate surface area is 108 Å². The van der Waals surface area contributed by atoms with E-state index in [1.165, 1.54) is 6.07 Å². The molecule has 0 bridgehead atoms. The molecule has 2 heteroatoms. The minimum Gasteiger partial charge on any atom is -0.207 e. The SMILES string of the molecule is C=C(C)C(C)(C)C(CSC)c1ccccc1F. The smallest absolute Gasteiger partial charge is 0.126 e. The van der Waals surface area contributed by atoms with Gasteiger partial charge in [0.15, 0.2) is 0 Å². The van der Waals surface area contributed by atoms with Crippen LogP contribution in [-0.2, 0) is 0 Å². The minimum atomic E-state index is -0.110. The van der Waals surface area contributed by atoms with E-state index in [4.69, 9.17) is 0 Å². The van der Waals surface area contributed by atoms with Gasteiger partial charge in [0, 0.05) is 11.7 Å². The maximum atomic E-state index is 13.9. The summed E-state index contributed by atoms with van der Waals surface area (Å²) in [5.41, 5.74) is 1.81. The van der Waals surface area contributed by atoms with Gasteiger partial charge in [-0.1, -0.05) is 44.2 Å². The third-order valence-corrected chi connectivity index (χ3v) is 4.25. The van der Waals surface area contributed by atoms with Crippen molar-refractivity contribution in [3.63, 3.8) is 0 Å². The second-order valence-corrected chi connectivity index (χ2v) is 5.94. The zero-order valence-electron chi connectivity index (χ0n) is 11.1. The van der Waals surface area contributed by atoms with Crippen LogP contribution in [0, 0.1) is 11.2 Å². The monoisotopic (exact) mass is 252 g/mol. The molecule has 1 aromatic carbocycles. The molecule has 0 saturated heterocycles. The van der Waals surface area contributed by atoms with Crippen molar-refractivity contribution < 1.29 is 4.39 Å². The molecule has 94 valence electrons. The van der Waals surface area contributed by atoms with Crippen LogP contribution in [0.3, 0.4) is 0 Å². The summed E-state index contributed by atoms with van der Waals surface area (Å²) in [7, 11) is 0. The first kappa shape index (κ1) is 14.3. The molecule has 1 aromatic rings. The lowest BCUT2D eigenvalue weighted by Crippen LogP contribution is -2.26. The van der Waals surface area contributed by atoms with Crippen LogP contribution in [0.25, 0.3) is 0 Å². The number of allylic oxidation sites excluding steroid dienone is 1. The quantitative estimate of drug-likeness (QED) is 0.673. The number of benzene rings is 1. The molecule has 1 rings (SSSR count). The van der Waals surface area contributed by atoms with Gasteiger partial charge >= 0.3 is 0 Å². The van der Waals surface area contributed by atoms with Crippen LogP contribution in [0.4, 0.5) is 4.39 Å². The third kappa shape index (κ3) is 3.12. The largest absolute Gasteiger partial charge is 0.207 e. The lowest BCUT2D eigenvalue weighted by molar-refractivity contribution is 0.365. The fourth-order valence-electron chi connectivity index (χ4n) is 1.91. The first-order chi connectivity index (χ1) is 7.91. The predicted octanol–water partition coefficient (Wildman–Crippen LogP) is 4.87. The maximum absolute atomic E-state index is 13.9.